The van der Waals surface area contributed by atoms with Crippen LogP contribution < -0.4 is 10.2 Å². The number of halogens is 2. The summed E-state index contributed by atoms with van der Waals surface area (Å²) in [4.78, 5) is 22.9. The van der Waals surface area contributed by atoms with Crippen molar-refractivity contribution in [1.29, 1.82) is 0 Å². The minimum absolute atomic E-state index is 0.0641. The first-order chi connectivity index (χ1) is 16.0. The average Bonchev–Trinajstić information content (AvgIpc) is 3.40. The minimum atomic E-state index is -0.426. The number of aromatic nitrogens is 4. The largest absolute Gasteiger partial charge is 0.325 e. The van der Waals surface area contributed by atoms with Crippen LogP contribution >= 0.6 is 11.6 Å². The van der Waals surface area contributed by atoms with Gasteiger partial charge in [0.25, 0.3) is 0 Å². The van der Waals surface area contributed by atoms with Crippen molar-refractivity contribution in [2.75, 3.05) is 16.8 Å². The molecule has 0 radical (unpaired) electrons. The van der Waals surface area contributed by atoms with Crippen molar-refractivity contribution in [3.05, 3.63) is 83.2 Å². The van der Waals surface area contributed by atoms with Gasteiger partial charge >= 0.3 is 0 Å². The lowest BCUT2D eigenvalue weighted by molar-refractivity contribution is -0.118. The summed E-state index contributed by atoms with van der Waals surface area (Å²) in [5, 5.41) is 7.66. The Morgan fingerprint density at radius 2 is 2.03 bits per heavy atom. The zero-order valence-electron chi connectivity index (χ0n) is 17.8. The van der Waals surface area contributed by atoms with Crippen molar-refractivity contribution in [2.24, 2.45) is 7.05 Å². The first-order valence-electron chi connectivity index (χ1n) is 10.4. The van der Waals surface area contributed by atoms with Crippen LogP contribution in [0.25, 0.3) is 11.1 Å². The summed E-state index contributed by atoms with van der Waals surface area (Å²) in [6.45, 7) is 0.429. The minimum Gasteiger partial charge on any atom is -0.325 e. The van der Waals surface area contributed by atoms with Crippen LogP contribution in [-0.4, -0.2) is 32.2 Å². The van der Waals surface area contributed by atoms with Crippen molar-refractivity contribution in [3.8, 4) is 11.1 Å². The topological polar surface area (TPSA) is 75.9 Å². The average molecular weight is 463 g/mol. The SMILES string of the molecule is Cn1nccc1Nc1cc(-c2cc(F)c3c(c2)CCN3C(=O)Cc2cccc(Cl)n2)ccn1. The van der Waals surface area contributed by atoms with E-state index in [-0.39, 0.29) is 12.3 Å². The summed E-state index contributed by atoms with van der Waals surface area (Å²) in [5.74, 6) is 0.790. The van der Waals surface area contributed by atoms with Crippen LogP contribution in [0.1, 0.15) is 11.3 Å². The lowest BCUT2D eigenvalue weighted by Crippen LogP contribution is -2.31. The van der Waals surface area contributed by atoms with E-state index in [4.69, 9.17) is 11.6 Å². The van der Waals surface area contributed by atoms with Crippen molar-refractivity contribution in [2.45, 2.75) is 12.8 Å². The monoisotopic (exact) mass is 462 g/mol. The number of nitrogens with one attached hydrogen (secondary N) is 1. The molecule has 1 N–H and O–H groups in total. The smallest absolute Gasteiger partial charge is 0.233 e. The molecule has 3 aromatic heterocycles. The lowest BCUT2D eigenvalue weighted by atomic mass is 10.0. The molecule has 0 saturated carbocycles. The van der Waals surface area contributed by atoms with Crippen molar-refractivity contribution in [1.82, 2.24) is 19.7 Å². The summed E-state index contributed by atoms with van der Waals surface area (Å²) < 4.78 is 16.9. The van der Waals surface area contributed by atoms with Crippen LogP contribution in [-0.2, 0) is 24.7 Å². The number of hydrogen-bond donors (Lipinski definition) is 1. The number of hydrogen-bond acceptors (Lipinski definition) is 5. The molecule has 5 rings (SSSR count). The second kappa shape index (κ2) is 8.63. The van der Waals surface area contributed by atoms with Crippen LogP contribution in [0.15, 0.2) is 60.9 Å². The van der Waals surface area contributed by atoms with Crippen LogP contribution in [0.4, 0.5) is 21.7 Å². The van der Waals surface area contributed by atoms with E-state index < -0.39 is 5.82 Å². The van der Waals surface area contributed by atoms with Gasteiger partial charge in [0.2, 0.25) is 5.91 Å². The van der Waals surface area contributed by atoms with E-state index >= 15 is 4.39 Å². The fraction of sp³-hybridized carbons (Fsp3) is 0.167. The highest BCUT2D eigenvalue weighted by molar-refractivity contribution is 6.29. The standard InChI is InChI=1S/C24H20ClFN6O/c1-31-22(6-9-28-31)30-21-13-15(5-8-27-21)17-11-16-7-10-32(24(16)19(26)12-17)23(33)14-18-3-2-4-20(25)29-18/h2-6,8-9,11-13H,7,10,14H2,1H3,(H,27,30). The summed E-state index contributed by atoms with van der Waals surface area (Å²) in [5.41, 5.74) is 3.25. The predicted octanol–water partition coefficient (Wildman–Crippen LogP) is 4.55. The normalized spacial score (nSPS) is 12.6. The van der Waals surface area contributed by atoms with E-state index in [0.29, 0.717) is 35.3 Å². The Hall–Kier alpha value is -3.78. The van der Waals surface area contributed by atoms with Gasteiger partial charge in [-0.3, -0.25) is 9.48 Å². The maximum Gasteiger partial charge on any atom is 0.233 e. The van der Waals surface area contributed by atoms with Gasteiger partial charge in [0.05, 0.1) is 24.0 Å². The zero-order chi connectivity index (χ0) is 22.9. The maximum atomic E-state index is 15.2. The fourth-order valence-corrected chi connectivity index (χ4v) is 4.20. The molecule has 1 amide bonds. The number of benzene rings is 1. The molecule has 1 aliphatic heterocycles. The summed E-state index contributed by atoms with van der Waals surface area (Å²) in [6, 6.07) is 14.1. The lowest BCUT2D eigenvalue weighted by Gasteiger charge is -2.18. The van der Waals surface area contributed by atoms with Gasteiger partial charge in [-0.1, -0.05) is 17.7 Å². The molecule has 4 aromatic rings. The number of carbonyl (C=O) groups is 1. The third-order valence-electron chi connectivity index (χ3n) is 5.59. The molecule has 0 saturated heterocycles. The Balaban J connectivity index is 1.40. The Bertz CT molecular complexity index is 1350. The van der Waals surface area contributed by atoms with Gasteiger partial charge in [0, 0.05) is 25.9 Å². The van der Waals surface area contributed by atoms with Crippen LogP contribution in [0.5, 0.6) is 0 Å². The number of fused-ring (bicyclic) bond motifs is 1. The van der Waals surface area contributed by atoms with Gasteiger partial charge in [0.15, 0.2) is 0 Å². The molecule has 0 atom stereocenters. The number of amides is 1. The highest BCUT2D eigenvalue weighted by Crippen LogP contribution is 2.36. The second-order valence-corrected chi connectivity index (χ2v) is 8.17. The molecule has 7 nitrogen and oxygen atoms in total. The predicted molar refractivity (Wildman–Crippen MR) is 125 cm³/mol. The summed E-state index contributed by atoms with van der Waals surface area (Å²) >= 11 is 5.92. The number of carbonyl (C=O) groups excluding carboxylic acids is 1. The summed E-state index contributed by atoms with van der Waals surface area (Å²) in [6.07, 6.45) is 4.01. The molecular weight excluding hydrogens is 443 g/mol. The number of rotatable bonds is 5. The molecule has 9 heteroatoms. The Kier molecular flexibility index (Phi) is 5.51. The quantitative estimate of drug-likeness (QED) is 0.440. The van der Waals surface area contributed by atoms with Crippen molar-refractivity contribution in [3.63, 3.8) is 0 Å². The van der Waals surface area contributed by atoms with Crippen molar-refractivity contribution < 1.29 is 9.18 Å². The van der Waals surface area contributed by atoms with Crippen LogP contribution in [0.2, 0.25) is 5.15 Å². The van der Waals surface area contributed by atoms with E-state index in [1.54, 1.807) is 35.3 Å². The zero-order valence-corrected chi connectivity index (χ0v) is 18.6. The molecule has 1 aliphatic rings. The third kappa shape index (κ3) is 4.29. The summed E-state index contributed by atoms with van der Waals surface area (Å²) in [7, 11) is 1.83. The van der Waals surface area contributed by atoms with Gasteiger partial charge in [-0.2, -0.15) is 5.10 Å². The molecule has 0 bridgehead atoms. The van der Waals surface area contributed by atoms with E-state index in [2.05, 4.69) is 20.4 Å². The number of pyridine rings is 2. The van der Waals surface area contributed by atoms with E-state index in [1.165, 1.54) is 11.0 Å². The Morgan fingerprint density at radius 1 is 1.15 bits per heavy atom. The van der Waals surface area contributed by atoms with Crippen molar-refractivity contribution >= 4 is 34.8 Å². The number of aryl methyl sites for hydroxylation is 1. The Labute approximate surface area is 194 Å². The van der Waals surface area contributed by atoms with Crippen LogP contribution in [0, 0.1) is 5.82 Å². The van der Waals surface area contributed by atoms with Gasteiger partial charge < -0.3 is 10.2 Å². The van der Waals surface area contributed by atoms with Gasteiger partial charge in [-0.05, 0) is 59.5 Å². The molecular formula is C24H20ClFN6O. The number of anilines is 3. The molecule has 0 spiro atoms. The van der Waals surface area contributed by atoms with Gasteiger partial charge in [-0.15, -0.1) is 0 Å². The van der Waals surface area contributed by atoms with Gasteiger partial charge in [0.1, 0.15) is 22.6 Å². The molecule has 0 fully saturated rings. The molecule has 0 aliphatic carbocycles. The second-order valence-electron chi connectivity index (χ2n) is 7.78. The van der Waals surface area contributed by atoms with E-state index in [9.17, 15) is 4.79 Å². The molecule has 33 heavy (non-hydrogen) atoms. The first kappa shape index (κ1) is 21.1. The molecule has 1 aromatic carbocycles. The van der Waals surface area contributed by atoms with Gasteiger partial charge in [-0.25, -0.2) is 14.4 Å². The number of nitrogens with zero attached hydrogens (tertiary/aromatic N) is 5. The third-order valence-corrected chi connectivity index (χ3v) is 5.80. The highest BCUT2D eigenvalue weighted by Gasteiger charge is 2.29. The van der Waals surface area contributed by atoms with E-state index in [1.807, 2.05) is 31.3 Å². The van der Waals surface area contributed by atoms with Crippen LogP contribution in [0.3, 0.4) is 0 Å². The fourth-order valence-electron chi connectivity index (χ4n) is 4.01. The molecule has 4 heterocycles. The highest BCUT2D eigenvalue weighted by atomic mass is 35.5. The Morgan fingerprint density at radius 3 is 2.82 bits per heavy atom. The first-order valence-corrected chi connectivity index (χ1v) is 10.8. The maximum absolute atomic E-state index is 15.2. The molecule has 0 unspecified atom stereocenters. The molecule has 166 valence electrons. The van der Waals surface area contributed by atoms with E-state index in [0.717, 1.165) is 22.5 Å².